The SMILES string of the molecule is CC(C)CN(C(=O)CN(C)C1CCC(C)CC1)C1CC1. The van der Waals surface area contributed by atoms with Gasteiger partial charge in [0.25, 0.3) is 0 Å². The summed E-state index contributed by atoms with van der Waals surface area (Å²) < 4.78 is 0. The molecule has 0 N–H and O–H groups in total. The van der Waals surface area contributed by atoms with Crippen molar-refractivity contribution in [2.24, 2.45) is 11.8 Å². The van der Waals surface area contributed by atoms with Crippen molar-refractivity contribution in [1.82, 2.24) is 9.80 Å². The fraction of sp³-hybridized carbons (Fsp3) is 0.941. The van der Waals surface area contributed by atoms with Crippen LogP contribution in [0.25, 0.3) is 0 Å². The van der Waals surface area contributed by atoms with Crippen LogP contribution in [0.4, 0.5) is 0 Å². The van der Waals surface area contributed by atoms with Crippen molar-refractivity contribution < 1.29 is 4.79 Å². The van der Waals surface area contributed by atoms with Gasteiger partial charge in [0, 0.05) is 18.6 Å². The van der Waals surface area contributed by atoms with Crippen LogP contribution in [0.3, 0.4) is 0 Å². The van der Waals surface area contributed by atoms with Gasteiger partial charge in [-0.25, -0.2) is 0 Å². The van der Waals surface area contributed by atoms with Crippen molar-refractivity contribution in [1.29, 1.82) is 0 Å². The van der Waals surface area contributed by atoms with E-state index in [4.69, 9.17) is 0 Å². The van der Waals surface area contributed by atoms with E-state index in [1.54, 1.807) is 0 Å². The van der Waals surface area contributed by atoms with Gasteiger partial charge in [-0.1, -0.05) is 20.8 Å². The van der Waals surface area contributed by atoms with Crippen LogP contribution in [0, 0.1) is 11.8 Å². The van der Waals surface area contributed by atoms with Crippen molar-refractivity contribution in [3.8, 4) is 0 Å². The van der Waals surface area contributed by atoms with E-state index >= 15 is 0 Å². The minimum Gasteiger partial charge on any atom is -0.338 e. The van der Waals surface area contributed by atoms with E-state index in [1.165, 1.54) is 38.5 Å². The Morgan fingerprint density at radius 2 is 1.60 bits per heavy atom. The third-order valence-corrected chi connectivity index (χ3v) is 4.86. The molecule has 20 heavy (non-hydrogen) atoms. The summed E-state index contributed by atoms with van der Waals surface area (Å²) in [7, 11) is 2.14. The Hall–Kier alpha value is -0.570. The first-order chi connectivity index (χ1) is 9.47. The van der Waals surface area contributed by atoms with Gasteiger partial charge in [0.05, 0.1) is 6.54 Å². The van der Waals surface area contributed by atoms with E-state index in [2.05, 4.69) is 37.6 Å². The smallest absolute Gasteiger partial charge is 0.237 e. The average Bonchev–Trinajstić information content (AvgIpc) is 3.20. The van der Waals surface area contributed by atoms with Crippen molar-refractivity contribution in [3.05, 3.63) is 0 Å². The van der Waals surface area contributed by atoms with E-state index in [1.807, 2.05) is 0 Å². The van der Waals surface area contributed by atoms with Crippen molar-refractivity contribution in [2.45, 2.75) is 71.4 Å². The Balaban J connectivity index is 1.82. The molecule has 0 aromatic heterocycles. The molecule has 116 valence electrons. The lowest BCUT2D eigenvalue weighted by Crippen LogP contribution is -2.45. The molecule has 1 amide bonds. The molecule has 0 atom stereocenters. The molecule has 2 aliphatic rings. The highest BCUT2D eigenvalue weighted by atomic mass is 16.2. The molecule has 3 heteroatoms. The Morgan fingerprint density at radius 1 is 1.05 bits per heavy atom. The number of rotatable bonds is 6. The Labute approximate surface area is 124 Å². The summed E-state index contributed by atoms with van der Waals surface area (Å²) in [5.41, 5.74) is 0. The predicted molar refractivity (Wildman–Crippen MR) is 83.6 cm³/mol. The summed E-state index contributed by atoms with van der Waals surface area (Å²) >= 11 is 0. The van der Waals surface area contributed by atoms with Crippen LogP contribution in [0.2, 0.25) is 0 Å². The number of nitrogens with zero attached hydrogens (tertiary/aromatic N) is 2. The van der Waals surface area contributed by atoms with Crippen LogP contribution in [0.5, 0.6) is 0 Å². The van der Waals surface area contributed by atoms with Crippen LogP contribution >= 0.6 is 0 Å². The van der Waals surface area contributed by atoms with Gasteiger partial charge in [0.1, 0.15) is 0 Å². The van der Waals surface area contributed by atoms with Crippen molar-refractivity contribution in [3.63, 3.8) is 0 Å². The van der Waals surface area contributed by atoms with E-state index in [0.29, 0.717) is 30.5 Å². The number of amides is 1. The molecule has 0 heterocycles. The molecule has 0 bridgehead atoms. The quantitative estimate of drug-likeness (QED) is 0.746. The number of carbonyl (C=O) groups is 1. The van der Waals surface area contributed by atoms with E-state index in [-0.39, 0.29) is 0 Å². The Kier molecular flexibility index (Phi) is 5.48. The minimum absolute atomic E-state index is 0.349. The third kappa shape index (κ3) is 4.47. The lowest BCUT2D eigenvalue weighted by molar-refractivity contribution is -0.134. The van der Waals surface area contributed by atoms with Gasteiger partial charge in [-0.2, -0.15) is 0 Å². The molecule has 0 radical (unpaired) electrons. The zero-order chi connectivity index (χ0) is 14.7. The van der Waals surface area contributed by atoms with Gasteiger partial charge in [0.15, 0.2) is 0 Å². The molecule has 0 unspecified atom stereocenters. The maximum Gasteiger partial charge on any atom is 0.237 e. The first-order valence-corrected chi connectivity index (χ1v) is 8.47. The summed E-state index contributed by atoms with van der Waals surface area (Å²) in [6.45, 7) is 8.30. The highest BCUT2D eigenvalue weighted by Crippen LogP contribution is 2.29. The molecule has 0 aromatic carbocycles. The fourth-order valence-corrected chi connectivity index (χ4v) is 3.35. The van der Waals surface area contributed by atoms with Crippen molar-refractivity contribution in [2.75, 3.05) is 20.1 Å². The highest BCUT2D eigenvalue weighted by molar-refractivity contribution is 5.79. The van der Waals surface area contributed by atoms with E-state index < -0.39 is 0 Å². The molecule has 0 aliphatic heterocycles. The van der Waals surface area contributed by atoms with Gasteiger partial charge in [-0.05, 0) is 57.4 Å². The third-order valence-electron chi connectivity index (χ3n) is 4.86. The average molecular weight is 280 g/mol. The summed E-state index contributed by atoms with van der Waals surface area (Å²) in [4.78, 5) is 17.0. The molecule has 0 saturated heterocycles. The van der Waals surface area contributed by atoms with Crippen molar-refractivity contribution >= 4 is 5.91 Å². The molecule has 3 nitrogen and oxygen atoms in total. The summed E-state index contributed by atoms with van der Waals surface area (Å²) in [5.74, 6) is 1.79. The number of hydrogen-bond acceptors (Lipinski definition) is 2. The molecular weight excluding hydrogens is 248 g/mol. The van der Waals surface area contributed by atoms with E-state index in [9.17, 15) is 4.79 Å². The van der Waals surface area contributed by atoms with Crippen LogP contribution in [-0.2, 0) is 4.79 Å². The zero-order valence-corrected chi connectivity index (χ0v) is 13.8. The second-order valence-electron chi connectivity index (χ2n) is 7.50. The summed E-state index contributed by atoms with van der Waals surface area (Å²) in [5, 5.41) is 0. The van der Waals surface area contributed by atoms with Gasteiger partial charge in [-0.15, -0.1) is 0 Å². The van der Waals surface area contributed by atoms with Gasteiger partial charge < -0.3 is 4.90 Å². The number of likely N-dealkylation sites (N-methyl/N-ethyl adjacent to an activating group) is 1. The van der Waals surface area contributed by atoms with Gasteiger partial charge in [0.2, 0.25) is 5.91 Å². The normalized spacial score (nSPS) is 27.1. The second-order valence-corrected chi connectivity index (χ2v) is 7.50. The first kappa shape index (κ1) is 15.8. The first-order valence-electron chi connectivity index (χ1n) is 8.47. The maximum absolute atomic E-state index is 12.6. The lowest BCUT2D eigenvalue weighted by atomic mass is 9.87. The largest absolute Gasteiger partial charge is 0.338 e. The summed E-state index contributed by atoms with van der Waals surface area (Å²) in [6, 6.07) is 1.17. The van der Waals surface area contributed by atoms with Crippen LogP contribution in [0.15, 0.2) is 0 Å². The molecule has 2 aliphatic carbocycles. The maximum atomic E-state index is 12.6. The van der Waals surface area contributed by atoms with Gasteiger partial charge in [-0.3, -0.25) is 9.69 Å². The Bertz CT molecular complexity index is 317. The molecule has 2 saturated carbocycles. The Morgan fingerprint density at radius 3 is 2.10 bits per heavy atom. The molecule has 0 spiro atoms. The fourth-order valence-electron chi connectivity index (χ4n) is 3.35. The topological polar surface area (TPSA) is 23.6 Å². The second kappa shape index (κ2) is 6.93. The number of hydrogen-bond donors (Lipinski definition) is 0. The zero-order valence-electron chi connectivity index (χ0n) is 13.8. The summed E-state index contributed by atoms with van der Waals surface area (Å²) in [6.07, 6.45) is 7.59. The molecule has 2 rings (SSSR count). The van der Waals surface area contributed by atoms with Crippen LogP contribution in [0.1, 0.15) is 59.3 Å². The lowest BCUT2D eigenvalue weighted by Gasteiger charge is -2.35. The van der Waals surface area contributed by atoms with Crippen LogP contribution < -0.4 is 0 Å². The molecule has 2 fully saturated rings. The standard InChI is InChI=1S/C17H32N2O/c1-13(2)11-19(16-9-10-16)17(20)12-18(4)15-7-5-14(3)6-8-15/h13-16H,5-12H2,1-4H3. The van der Waals surface area contributed by atoms with Crippen LogP contribution in [-0.4, -0.2) is 47.9 Å². The number of carbonyl (C=O) groups excluding carboxylic acids is 1. The molecule has 0 aromatic rings. The predicted octanol–water partition coefficient (Wildman–Crippen LogP) is 3.14. The minimum atomic E-state index is 0.349. The monoisotopic (exact) mass is 280 g/mol. The van der Waals surface area contributed by atoms with Gasteiger partial charge >= 0.3 is 0 Å². The highest BCUT2D eigenvalue weighted by Gasteiger charge is 2.33. The van der Waals surface area contributed by atoms with E-state index in [0.717, 1.165) is 12.5 Å². The molecular formula is C17H32N2O.